The molecule has 0 spiro atoms. The molecular formula is C22H23N. The van der Waals surface area contributed by atoms with Gasteiger partial charge in [0.15, 0.2) is 0 Å². The Hall–Kier alpha value is -2.54. The van der Waals surface area contributed by atoms with Gasteiger partial charge in [-0.25, -0.2) is 0 Å². The van der Waals surface area contributed by atoms with Crippen LogP contribution < -0.4 is 0 Å². The van der Waals surface area contributed by atoms with Crippen LogP contribution in [-0.2, 0) is 0 Å². The minimum atomic E-state index is -2.65. The molecule has 1 heterocycles. The van der Waals surface area contributed by atoms with E-state index < -0.39 is 20.6 Å². The van der Waals surface area contributed by atoms with Gasteiger partial charge in [-0.15, -0.1) is 0 Å². The fourth-order valence-corrected chi connectivity index (χ4v) is 2.67. The fraction of sp³-hybridized carbons (Fsp3) is 0.182. The van der Waals surface area contributed by atoms with Crippen LogP contribution >= 0.6 is 0 Å². The average Bonchev–Trinajstić information content (AvgIpc) is 2.66. The molecule has 0 aromatic heterocycles. The van der Waals surface area contributed by atoms with E-state index in [1.807, 2.05) is 6.07 Å². The van der Waals surface area contributed by atoms with Crippen molar-refractivity contribution in [3.63, 3.8) is 0 Å². The van der Waals surface area contributed by atoms with Crippen molar-refractivity contribution in [1.29, 1.82) is 0 Å². The van der Waals surface area contributed by atoms with Crippen molar-refractivity contribution < 1.29 is 16.9 Å². The maximum Gasteiger partial charge on any atom is 0.147 e. The molecule has 23 heavy (non-hydrogen) atoms. The molecule has 0 amide bonds. The predicted molar refractivity (Wildman–Crippen MR) is 98.6 cm³/mol. The minimum absolute atomic E-state index is 0.177. The molecule has 3 rings (SSSR count). The number of nitrogens with zero attached hydrogens (tertiary/aromatic N) is 1. The second-order valence-electron chi connectivity index (χ2n) is 5.53. The first-order valence-corrected chi connectivity index (χ1v) is 7.23. The van der Waals surface area contributed by atoms with E-state index in [0.29, 0.717) is 28.3 Å². The van der Waals surface area contributed by atoms with Crippen molar-refractivity contribution in [3.05, 3.63) is 88.6 Å². The van der Waals surface area contributed by atoms with Gasteiger partial charge in [0, 0.05) is 12.3 Å². The number of hydrogen-bond donors (Lipinski definition) is 0. The first kappa shape index (κ1) is 7.83. The van der Waals surface area contributed by atoms with Crippen LogP contribution in [0.3, 0.4) is 0 Å². The van der Waals surface area contributed by atoms with Crippen LogP contribution in [0.2, 0.25) is 0 Å². The van der Waals surface area contributed by atoms with Crippen molar-refractivity contribution in [1.82, 2.24) is 0 Å². The first-order chi connectivity index (χ1) is 14.6. The lowest BCUT2D eigenvalue weighted by Crippen LogP contribution is -2.17. The van der Waals surface area contributed by atoms with E-state index in [2.05, 4.69) is 6.72 Å². The zero-order chi connectivity index (χ0) is 24.1. The highest BCUT2D eigenvalue weighted by molar-refractivity contribution is 5.70. The summed E-state index contributed by atoms with van der Waals surface area (Å²) in [6.45, 7) is -2.03. The second-order valence-corrected chi connectivity index (χ2v) is 5.53. The van der Waals surface area contributed by atoms with Crippen molar-refractivity contribution in [2.24, 2.45) is 0 Å². The Kier molecular flexibility index (Phi) is 2.02. The summed E-state index contributed by atoms with van der Waals surface area (Å²) in [6, 6.07) is 12.7. The smallest absolute Gasteiger partial charge is 0.147 e. The molecule has 116 valence electrons. The highest BCUT2D eigenvalue weighted by atomic mass is 15.0. The summed E-state index contributed by atoms with van der Waals surface area (Å²) in [6.07, 6.45) is 2.52. The van der Waals surface area contributed by atoms with Gasteiger partial charge >= 0.3 is 0 Å². The minimum Gasteiger partial charge on any atom is -0.255 e. The maximum absolute atomic E-state index is 7.97. The molecule has 0 atom stereocenters. The van der Waals surface area contributed by atoms with E-state index in [0.717, 1.165) is 0 Å². The van der Waals surface area contributed by atoms with Crippen molar-refractivity contribution in [2.45, 2.75) is 27.5 Å². The second kappa shape index (κ2) is 5.92. The molecule has 1 aliphatic heterocycles. The summed E-state index contributed by atoms with van der Waals surface area (Å²) in [4.78, 5) is 0. The third-order valence-corrected chi connectivity index (χ3v) is 3.89. The summed E-state index contributed by atoms with van der Waals surface area (Å²) in [5.41, 5.74) is 1.95. The number of aryl methyl sites for hydroxylation is 2. The predicted octanol–water partition coefficient (Wildman–Crippen LogP) is 5.43. The monoisotopic (exact) mass is 310 g/mol. The summed E-state index contributed by atoms with van der Waals surface area (Å²) in [5.74, 6) is 0. The molecule has 1 aliphatic rings. The molecule has 2 aromatic rings. The van der Waals surface area contributed by atoms with Crippen LogP contribution in [0, 0.1) is 19.8 Å². The van der Waals surface area contributed by atoms with Gasteiger partial charge in [-0.3, -0.25) is 4.58 Å². The third-order valence-electron chi connectivity index (χ3n) is 3.89. The zero-order valence-corrected chi connectivity index (χ0v) is 12.9. The normalized spacial score (nSPS) is 22.0. The fourth-order valence-electron chi connectivity index (χ4n) is 2.67. The Morgan fingerprint density at radius 3 is 2.48 bits per heavy atom. The Morgan fingerprint density at radius 2 is 1.78 bits per heavy atom. The molecule has 0 fully saturated rings. The van der Waals surface area contributed by atoms with Crippen molar-refractivity contribution >= 4 is 6.72 Å². The molecule has 0 saturated carbocycles. The molecule has 0 aliphatic carbocycles. The van der Waals surface area contributed by atoms with E-state index in [-0.39, 0.29) is 16.7 Å². The van der Waals surface area contributed by atoms with E-state index in [1.54, 1.807) is 43.3 Å². The molecule has 0 unspecified atom stereocenters. The lowest BCUT2D eigenvalue weighted by Gasteiger charge is -2.24. The van der Waals surface area contributed by atoms with Crippen LogP contribution in [0.4, 0.5) is 0 Å². The Balaban J connectivity index is 2.25. The SMILES string of the molecule is [2H]C([2H])([2H])C1=C[C-](c2cc(-c3ccccc3)c(C([2H])([2H])[2H])cc2C)[N+](=C)C=C1C([2H])([2H])[2H]. The number of allylic oxidation sites excluding steroid dienone is 2. The Morgan fingerprint density at radius 1 is 1.00 bits per heavy atom. The van der Waals surface area contributed by atoms with Crippen LogP contribution in [0.1, 0.15) is 42.7 Å². The van der Waals surface area contributed by atoms with Gasteiger partial charge in [-0.2, -0.15) is 0 Å². The topological polar surface area (TPSA) is 3.01 Å². The highest BCUT2D eigenvalue weighted by Crippen LogP contribution is 2.33. The highest BCUT2D eigenvalue weighted by Gasteiger charge is 2.20. The molecular weight excluding hydrogens is 278 g/mol. The van der Waals surface area contributed by atoms with Gasteiger partial charge in [0.05, 0.1) is 6.72 Å². The van der Waals surface area contributed by atoms with Gasteiger partial charge in [-0.05, 0) is 42.0 Å². The van der Waals surface area contributed by atoms with Gasteiger partial charge in [0.1, 0.15) is 12.2 Å². The maximum atomic E-state index is 7.97. The number of benzene rings is 2. The molecule has 0 bridgehead atoms. The van der Waals surface area contributed by atoms with Crippen LogP contribution in [0.25, 0.3) is 11.1 Å². The average molecular weight is 310 g/mol. The lowest BCUT2D eigenvalue weighted by molar-refractivity contribution is -0.419. The van der Waals surface area contributed by atoms with Crippen LogP contribution in [-0.4, -0.2) is 11.3 Å². The van der Waals surface area contributed by atoms with E-state index in [1.165, 1.54) is 16.9 Å². The van der Waals surface area contributed by atoms with Crippen LogP contribution in [0.5, 0.6) is 0 Å². The quantitative estimate of drug-likeness (QED) is 0.514. The summed E-state index contributed by atoms with van der Waals surface area (Å²) < 4.78 is 72.0. The summed E-state index contributed by atoms with van der Waals surface area (Å²) in [7, 11) is 0. The van der Waals surface area contributed by atoms with E-state index >= 15 is 0 Å². The van der Waals surface area contributed by atoms with E-state index in [9.17, 15) is 0 Å². The first-order valence-electron chi connectivity index (χ1n) is 11.7. The number of rotatable bonds is 2. The Bertz CT molecular complexity index is 1100. The van der Waals surface area contributed by atoms with Crippen molar-refractivity contribution in [2.75, 3.05) is 0 Å². The zero-order valence-electron chi connectivity index (χ0n) is 21.9. The summed E-state index contributed by atoms with van der Waals surface area (Å²) in [5, 5.41) is 0. The third kappa shape index (κ3) is 2.87. The standard InChI is InChI=1S/C22H23N/c1-15-12-22(23(5)14-18(15)4)21-13-20(16(2)11-17(21)3)19-9-7-6-8-10-19/h6-14H,5H2,1-4H3/i1D3,2D3,4D3. The molecule has 1 nitrogen and oxygen atoms in total. The summed E-state index contributed by atoms with van der Waals surface area (Å²) >= 11 is 0. The van der Waals surface area contributed by atoms with Crippen LogP contribution in [0.15, 0.2) is 65.9 Å². The Labute approximate surface area is 152 Å². The van der Waals surface area contributed by atoms with Gasteiger partial charge < -0.3 is 0 Å². The van der Waals surface area contributed by atoms with Gasteiger partial charge in [0.2, 0.25) is 0 Å². The van der Waals surface area contributed by atoms with Gasteiger partial charge in [-0.1, -0.05) is 72.9 Å². The van der Waals surface area contributed by atoms with Gasteiger partial charge in [0.25, 0.3) is 0 Å². The molecule has 1 heteroatoms. The molecule has 0 saturated heterocycles. The molecule has 2 aromatic carbocycles. The number of hydrogen-bond acceptors (Lipinski definition) is 0. The lowest BCUT2D eigenvalue weighted by atomic mass is 9.89. The molecule has 0 radical (unpaired) electrons. The van der Waals surface area contributed by atoms with E-state index in [4.69, 9.17) is 12.3 Å². The molecule has 0 N–H and O–H groups in total. The van der Waals surface area contributed by atoms with Crippen molar-refractivity contribution in [3.8, 4) is 11.1 Å². The largest absolute Gasteiger partial charge is 0.255 e.